The van der Waals surface area contributed by atoms with Crippen LogP contribution in [-0.2, 0) is 17.0 Å². The molecule has 1 aromatic rings. The number of hydrogen-bond donors (Lipinski definition) is 3. The van der Waals surface area contributed by atoms with Gasteiger partial charge >= 0.3 is 6.18 Å². The van der Waals surface area contributed by atoms with Crippen LogP contribution in [-0.4, -0.2) is 32.2 Å². The maximum absolute atomic E-state index is 12.6. The quantitative estimate of drug-likeness (QED) is 0.542. The average Bonchev–Trinajstić information content (AvgIpc) is 2.37. The highest BCUT2D eigenvalue weighted by Gasteiger charge is 2.35. The predicted molar refractivity (Wildman–Crippen MR) is 71.5 cm³/mol. The minimum Gasteiger partial charge on any atom is -0.370 e. The van der Waals surface area contributed by atoms with Gasteiger partial charge in [-0.3, -0.25) is 4.21 Å². The minimum atomic E-state index is -4.65. The number of nitrogens with zero attached hydrogens (tertiary/aromatic N) is 2. The molecule has 0 aliphatic heterocycles. The van der Waals surface area contributed by atoms with Crippen LogP contribution in [0.25, 0.3) is 0 Å². The largest absolute Gasteiger partial charge is 0.451 e. The molecule has 2 unspecified atom stereocenters. The number of halogens is 3. The Hall–Kier alpha value is -1.42. The normalized spacial score (nSPS) is 14.7. The SMILES string of the molecule is CC(CCNc1cc(NN)nc(C(F)(F)F)n1)S(C)=O. The second-order valence-electron chi connectivity index (χ2n) is 4.13. The molecule has 1 rings (SSSR count). The van der Waals surface area contributed by atoms with Crippen molar-refractivity contribution in [1.29, 1.82) is 0 Å². The van der Waals surface area contributed by atoms with Crippen LogP contribution >= 0.6 is 0 Å². The van der Waals surface area contributed by atoms with Crippen molar-refractivity contribution in [3.05, 3.63) is 11.9 Å². The Kier molecular flexibility index (Phi) is 5.69. The molecule has 0 aliphatic carbocycles. The minimum absolute atomic E-state index is 0.00867. The summed E-state index contributed by atoms with van der Waals surface area (Å²) in [4.78, 5) is 6.61. The molecule has 1 heterocycles. The van der Waals surface area contributed by atoms with Crippen molar-refractivity contribution in [3.8, 4) is 0 Å². The van der Waals surface area contributed by atoms with Crippen LogP contribution in [0.1, 0.15) is 19.2 Å². The van der Waals surface area contributed by atoms with Gasteiger partial charge in [-0.05, 0) is 6.42 Å². The third-order valence-corrected chi connectivity index (χ3v) is 3.92. The number of anilines is 2. The predicted octanol–water partition coefficient (Wildman–Crippen LogP) is 1.35. The van der Waals surface area contributed by atoms with Gasteiger partial charge in [0.05, 0.1) is 0 Å². The molecule has 0 saturated carbocycles. The van der Waals surface area contributed by atoms with Crippen molar-refractivity contribution in [3.63, 3.8) is 0 Å². The van der Waals surface area contributed by atoms with E-state index in [0.717, 1.165) is 0 Å². The van der Waals surface area contributed by atoms with Crippen molar-refractivity contribution >= 4 is 22.4 Å². The number of alkyl halides is 3. The Balaban J connectivity index is 2.77. The van der Waals surface area contributed by atoms with E-state index in [1.54, 1.807) is 13.2 Å². The van der Waals surface area contributed by atoms with E-state index in [4.69, 9.17) is 5.84 Å². The van der Waals surface area contributed by atoms with Crippen LogP contribution in [0.2, 0.25) is 0 Å². The van der Waals surface area contributed by atoms with Crippen LogP contribution in [0.3, 0.4) is 0 Å². The number of nitrogens with two attached hydrogens (primary N) is 1. The first kappa shape index (κ1) is 16.6. The van der Waals surface area contributed by atoms with E-state index in [9.17, 15) is 17.4 Å². The van der Waals surface area contributed by atoms with Gasteiger partial charge in [0, 0.05) is 34.9 Å². The fraction of sp³-hybridized carbons (Fsp3) is 0.600. The van der Waals surface area contributed by atoms with E-state index in [1.165, 1.54) is 6.07 Å². The molecule has 0 radical (unpaired) electrons. The lowest BCUT2D eigenvalue weighted by atomic mass is 10.3. The van der Waals surface area contributed by atoms with Gasteiger partial charge in [-0.15, -0.1) is 0 Å². The number of nitrogens with one attached hydrogen (secondary N) is 2. The number of rotatable bonds is 6. The lowest BCUT2D eigenvalue weighted by Gasteiger charge is -2.12. The molecule has 2 atom stereocenters. The summed E-state index contributed by atoms with van der Waals surface area (Å²) < 4.78 is 48.9. The van der Waals surface area contributed by atoms with Gasteiger partial charge < -0.3 is 10.7 Å². The molecule has 0 spiro atoms. The highest BCUT2D eigenvalue weighted by Crippen LogP contribution is 2.28. The first-order valence-corrected chi connectivity index (χ1v) is 7.35. The van der Waals surface area contributed by atoms with E-state index in [2.05, 4.69) is 20.7 Å². The monoisotopic (exact) mass is 311 g/mol. The third kappa shape index (κ3) is 4.93. The number of hydrogen-bond acceptors (Lipinski definition) is 6. The molecule has 6 nitrogen and oxygen atoms in total. The zero-order valence-corrected chi connectivity index (χ0v) is 11.8. The maximum atomic E-state index is 12.6. The Morgan fingerprint density at radius 1 is 1.40 bits per heavy atom. The lowest BCUT2D eigenvalue weighted by Crippen LogP contribution is -2.19. The van der Waals surface area contributed by atoms with Crippen LogP contribution in [0.15, 0.2) is 6.07 Å². The summed E-state index contributed by atoms with van der Waals surface area (Å²) >= 11 is 0. The Morgan fingerprint density at radius 2 is 2.00 bits per heavy atom. The summed E-state index contributed by atoms with van der Waals surface area (Å²) in [5.41, 5.74) is 2.06. The van der Waals surface area contributed by atoms with Crippen LogP contribution in [0, 0.1) is 0 Å². The Bertz CT molecular complexity index is 482. The number of nitrogen functional groups attached to an aromatic ring is 1. The van der Waals surface area contributed by atoms with Crippen LogP contribution < -0.4 is 16.6 Å². The molecule has 20 heavy (non-hydrogen) atoms. The summed E-state index contributed by atoms with van der Waals surface area (Å²) in [6.45, 7) is 2.14. The van der Waals surface area contributed by atoms with Crippen LogP contribution in [0.4, 0.5) is 24.8 Å². The topological polar surface area (TPSA) is 92.9 Å². The first-order chi connectivity index (χ1) is 9.24. The molecule has 0 saturated heterocycles. The summed E-state index contributed by atoms with van der Waals surface area (Å²) in [6.07, 6.45) is -2.53. The van der Waals surface area contributed by atoms with E-state index >= 15 is 0 Å². The molecule has 0 bridgehead atoms. The van der Waals surface area contributed by atoms with Crippen molar-refractivity contribution in [2.45, 2.75) is 24.8 Å². The van der Waals surface area contributed by atoms with Gasteiger partial charge in [0.25, 0.3) is 0 Å². The molecule has 0 aliphatic rings. The third-order valence-electron chi connectivity index (χ3n) is 2.55. The van der Waals surface area contributed by atoms with Gasteiger partial charge in [0.15, 0.2) is 0 Å². The van der Waals surface area contributed by atoms with E-state index < -0.39 is 22.8 Å². The van der Waals surface area contributed by atoms with Crippen molar-refractivity contribution in [2.24, 2.45) is 5.84 Å². The molecule has 1 aromatic heterocycles. The number of aromatic nitrogens is 2. The van der Waals surface area contributed by atoms with Gasteiger partial charge in [0.1, 0.15) is 11.6 Å². The van der Waals surface area contributed by atoms with Crippen molar-refractivity contribution < 1.29 is 17.4 Å². The maximum Gasteiger partial charge on any atom is 0.451 e. The molecular formula is C10H16F3N5OS. The highest BCUT2D eigenvalue weighted by atomic mass is 32.2. The zero-order chi connectivity index (χ0) is 15.3. The highest BCUT2D eigenvalue weighted by molar-refractivity contribution is 7.84. The molecule has 0 fully saturated rings. The van der Waals surface area contributed by atoms with Crippen molar-refractivity contribution in [1.82, 2.24) is 9.97 Å². The average molecular weight is 311 g/mol. The van der Waals surface area contributed by atoms with Gasteiger partial charge in [0.2, 0.25) is 5.82 Å². The van der Waals surface area contributed by atoms with E-state index in [1.807, 2.05) is 0 Å². The molecule has 4 N–H and O–H groups in total. The van der Waals surface area contributed by atoms with Gasteiger partial charge in [-0.25, -0.2) is 15.8 Å². The Labute approximate surface area is 116 Å². The molecule has 114 valence electrons. The summed E-state index contributed by atoms with van der Waals surface area (Å²) in [6, 6.07) is 1.27. The summed E-state index contributed by atoms with van der Waals surface area (Å²) in [5, 5.41) is 2.68. The number of hydrazine groups is 1. The molecule has 0 amide bonds. The fourth-order valence-electron chi connectivity index (χ4n) is 1.31. The fourth-order valence-corrected chi connectivity index (χ4v) is 1.76. The van der Waals surface area contributed by atoms with E-state index in [0.29, 0.717) is 13.0 Å². The first-order valence-electron chi connectivity index (χ1n) is 5.73. The molecule has 0 aromatic carbocycles. The lowest BCUT2D eigenvalue weighted by molar-refractivity contribution is -0.144. The standard InChI is InChI=1S/C10H16F3N5OS/c1-6(20(2)19)3-4-15-7-5-8(18-14)17-9(16-7)10(11,12)13/h5-6H,3-4,14H2,1-2H3,(H2,15,16,17,18). The molecule has 10 heteroatoms. The van der Waals surface area contributed by atoms with Crippen LogP contribution in [0.5, 0.6) is 0 Å². The summed E-state index contributed by atoms with van der Waals surface area (Å²) in [5.74, 6) is 3.67. The summed E-state index contributed by atoms with van der Waals surface area (Å²) in [7, 11) is -0.978. The second-order valence-corrected chi connectivity index (χ2v) is 5.93. The van der Waals surface area contributed by atoms with Crippen molar-refractivity contribution in [2.75, 3.05) is 23.5 Å². The smallest absolute Gasteiger partial charge is 0.370 e. The molecular weight excluding hydrogens is 295 g/mol. The van der Waals surface area contributed by atoms with E-state index in [-0.39, 0.29) is 16.9 Å². The Morgan fingerprint density at radius 3 is 2.50 bits per heavy atom. The zero-order valence-electron chi connectivity index (χ0n) is 11.0. The van der Waals surface area contributed by atoms with Gasteiger partial charge in [-0.1, -0.05) is 6.92 Å². The second kappa shape index (κ2) is 6.84. The van der Waals surface area contributed by atoms with Gasteiger partial charge in [-0.2, -0.15) is 13.2 Å².